The second-order valence-corrected chi connectivity index (χ2v) is 4.14. The van der Waals surface area contributed by atoms with Crippen LogP contribution in [0, 0.1) is 6.92 Å². The highest BCUT2D eigenvalue weighted by molar-refractivity contribution is 7.12. The number of ether oxygens (including phenoxy) is 1. The molecule has 2 rings (SSSR count). The second kappa shape index (κ2) is 4.32. The third kappa shape index (κ3) is 2.38. The van der Waals surface area contributed by atoms with E-state index in [0.717, 1.165) is 16.9 Å². The molecule has 0 aliphatic heterocycles. The largest absolute Gasteiger partial charge is 0.477 e. The Hall–Kier alpha value is -1.88. The fourth-order valence-corrected chi connectivity index (χ4v) is 1.76. The molecule has 16 heavy (non-hydrogen) atoms. The molecule has 0 unspecified atom stereocenters. The lowest BCUT2D eigenvalue weighted by Crippen LogP contribution is -1.90. The predicted molar refractivity (Wildman–Crippen MR) is 60.3 cm³/mol. The SMILES string of the molecule is Cc1ccc(Oc2csc(C(=O)O)c2)nc1. The topological polar surface area (TPSA) is 59.4 Å². The van der Waals surface area contributed by atoms with Crippen molar-refractivity contribution in [2.24, 2.45) is 0 Å². The van der Waals surface area contributed by atoms with E-state index in [1.54, 1.807) is 17.6 Å². The summed E-state index contributed by atoms with van der Waals surface area (Å²) in [5.41, 5.74) is 1.05. The first-order valence-corrected chi connectivity index (χ1v) is 5.45. The number of rotatable bonds is 3. The number of carboxylic acids is 1. The van der Waals surface area contributed by atoms with Crippen molar-refractivity contribution in [3.63, 3.8) is 0 Å². The van der Waals surface area contributed by atoms with Crippen molar-refractivity contribution in [2.75, 3.05) is 0 Å². The minimum Gasteiger partial charge on any atom is -0.477 e. The Labute approximate surface area is 96.1 Å². The zero-order valence-electron chi connectivity index (χ0n) is 8.51. The molecule has 82 valence electrons. The van der Waals surface area contributed by atoms with Gasteiger partial charge in [0.15, 0.2) is 0 Å². The van der Waals surface area contributed by atoms with Crippen molar-refractivity contribution in [3.8, 4) is 11.6 Å². The Morgan fingerprint density at radius 1 is 1.50 bits per heavy atom. The minimum absolute atomic E-state index is 0.252. The third-order valence-electron chi connectivity index (χ3n) is 1.89. The van der Waals surface area contributed by atoms with E-state index in [1.807, 2.05) is 13.0 Å². The molecule has 0 spiro atoms. The highest BCUT2D eigenvalue weighted by atomic mass is 32.1. The van der Waals surface area contributed by atoms with Crippen LogP contribution in [-0.4, -0.2) is 16.1 Å². The van der Waals surface area contributed by atoms with E-state index in [4.69, 9.17) is 9.84 Å². The van der Waals surface area contributed by atoms with Crippen molar-refractivity contribution < 1.29 is 14.6 Å². The van der Waals surface area contributed by atoms with Gasteiger partial charge in [-0.1, -0.05) is 6.07 Å². The lowest BCUT2D eigenvalue weighted by Gasteiger charge is -2.01. The summed E-state index contributed by atoms with van der Waals surface area (Å²) in [7, 11) is 0. The molecule has 0 aliphatic carbocycles. The maximum atomic E-state index is 10.7. The molecule has 0 saturated carbocycles. The Bertz CT molecular complexity index is 504. The second-order valence-electron chi connectivity index (χ2n) is 3.23. The molecule has 2 heterocycles. The standard InChI is InChI=1S/C11H9NO3S/c1-7-2-3-10(12-5-7)15-8-4-9(11(13)14)16-6-8/h2-6H,1H3,(H,13,14). The van der Waals surface area contributed by atoms with Crippen LogP contribution in [0.3, 0.4) is 0 Å². The quantitative estimate of drug-likeness (QED) is 0.888. The van der Waals surface area contributed by atoms with Gasteiger partial charge in [0.2, 0.25) is 5.88 Å². The van der Waals surface area contributed by atoms with Gasteiger partial charge in [0, 0.05) is 23.7 Å². The zero-order valence-corrected chi connectivity index (χ0v) is 9.32. The van der Waals surface area contributed by atoms with E-state index in [0.29, 0.717) is 11.6 Å². The molecule has 2 aromatic rings. The van der Waals surface area contributed by atoms with Gasteiger partial charge in [-0.2, -0.15) is 0 Å². The first-order chi connectivity index (χ1) is 7.65. The number of carboxylic acid groups (broad SMARTS) is 1. The number of pyridine rings is 1. The maximum absolute atomic E-state index is 10.7. The number of hydrogen-bond acceptors (Lipinski definition) is 4. The molecular weight excluding hydrogens is 226 g/mol. The van der Waals surface area contributed by atoms with Crippen LogP contribution in [0.2, 0.25) is 0 Å². The number of aromatic nitrogens is 1. The van der Waals surface area contributed by atoms with Gasteiger partial charge in [-0.15, -0.1) is 11.3 Å². The number of aromatic carboxylic acids is 1. The van der Waals surface area contributed by atoms with Gasteiger partial charge in [-0.3, -0.25) is 0 Å². The first-order valence-electron chi connectivity index (χ1n) is 4.57. The van der Waals surface area contributed by atoms with Crippen molar-refractivity contribution in [1.29, 1.82) is 0 Å². The minimum atomic E-state index is -0.947. The Kier molecular flexibility index (Phi) is 2.87. The lowest BCUT2D eigenvalue weighted by molar-refractivity contribution is 0.0702. The molecule has 4 nitrogen and oxygen atoms in total. The van der Waals surface area contributed by atoms with Crippen LogP contribution in [0.15, 0.2) is 29.8 Å². The molecule has 0 amide bonds. The van der Waals surface area contributed by atoms with Gasteiger partial charge in [0.05, 0.1) is 0 Å². The van der Waals surface area contributed by atoms with E-state index in [1.165, 1.54) is 6.07 Å². The smallest absolute Gasteiger partial charge is 0.346 e. The molecule has 0 bridgehead atoms. The van der Waals surface area contributed by atoms with Crippen molar-refractivity contribution in [1.82, 2.24) is 4.98 Å². The van der Waals surface area contributed by atoms with Gasteiger partial charge in [0.1, 0.15) is 10.6 Å². The van der Waals surface area contributed by atoms with E-state index in [9.17, 15) is 4.79 Å². The zero-order chi connectivity index (χ0) is 11.5. The normalized spacial score (nSPS) is 10.1. The number of aryl methyl sites for hydroxylation is 1. The molecule has 0 fully saturated rings. The van der Waals surface area contributed by atoms with Gasteiger partial charge in [-0.05, 0) is 12.5 Å². The number of nitrogens with zero attached hydrogens (tertiary/aromatic N) is 1. The summed E-state index contributed by atoms with van der Waals surface area (Å²) in [6, 6.07) is 5.11. The fraction of sp³-hybridized carbons (Fsp3) is 0.0909. The molecule has 1 N–H and O–H groups in total. The summed E-state index contributed by atoms with van der Waals surface area (Å²) in [6.07, 6.45) is 1.69. The monoisotopic (exact) mass is 235 g/mol. The Morgan fingerprint density at radius 2 is 2.31 bits per heavy atom. The van der Waals surface area contributed by atoms with Crippen molar-refractivity contribution in [3.05, 3.63) is 40.2 Å². The molecule has 0 atom stereocenters. The molecule has 5 heteroatoms. The van der Waals surface area contributed by atoms with Crippen LogP contribution in [0.25, 0.3) is 0 Å². The molecular formula is C11H9NO3S. The van der Waals surface area contributed by atoms with Gasteiger partial charge in [-0.25, -0.2) is 9.78 Å². The van der Waals surface area contributed by atoms with Crippen molar-refractivity contribution in [2.45, 2.75) is 6.92 Å². The molecule has 2 aromatic heterocycles. The molecule has 0 aromatic carbocycles. The fourth-order valence-electron chi connectivity index (χ4n) is 1.12. The van der Waals surface area contributed by atoms with Gasteiger partial charge in [0.25, 0.3) is 0 Å². The Balaban J connectivity index is 2.14. The molecule has 0 aliphatic rings. The summed E-state index contributed by atoms with van der Waals surface area (Å²) in [6.45, 7) is 1.93. The van der Waals surface area contributed by atoms with Crippen LogP contribution in [-0.2, 0) is 0 Å². The molecule has 0 radical (unpaired) electrons. The van der Waals surface area contributed by atoms with Crippen molar-refractivity contribution >= 4 is 17.3 Å². The predicted octanol–water partition coefficient (Wildman–Crippen LogP) is 2.94. The van der Waals surface area contributed by atoms with Crippen LogP contribution in [0.4, 0.5) is 0 Å². The lowest BCUT2D eigenvalue weighted by atomic mass is 10.3. The highest BCUT2D eigenvalue weighted by Crippen LogP contribution is 2.25. The van der Waals surface area contributed by atoms with Crippen LogP contribution >= 0.6 is 11.3 Å². The van der Waals surface area contributed by atoms with Gasteiger partial charge >= 0.3 is 5.97 Å². The number of hydrogen-bond donors (Lipinski definition) is 1. The summed E-state index contributed by atoms with van der Waals surface area (Å²) in [5, 5.41) is 10.4. The average Bonchev–Trinajstić information content (AvgIpc) is 2.70. The van der Waals surface area contributed by atoms with Crippen LogP contribution in [0.5, 0.6) is 11.6 Å². The van der Waals surface area contributed by atoms with Crippen LogP contribution in [0.1, 0.15) is 15.2 Å². The summed E-state index contributed by atoms with van der Waals surface area (Å²) >= 11 is 1.13. The molecule has 0 saturated heterocycles. The number of carbonyl (C=O) groups is 1. The van der Waals surface area contributed by atoms with Crippen LogP contribution < -0.4 is 4.74 Å². The van der Waals surface area contributed by atoms with E-state index < -0.39 is 5.97 Å². The summed E-state index contributed by atoms with van der Waals surface area (Å²) in [4.78, 5) is 15.0. The maximum Gasteiger partial charge on any atom is 0.346 e. The first kappa shape index (κ1) is 10.6. The number of thiophene rings is 1. The van der Waals surface area contributed by atoms with E-state index in [2.05, 4.69) is 4.98 Å². The summed E-state index contributed by atoms with van der Waals surface area (Å²) in [5.74, 6) is 0.0100. The average molecular weight is 235 g/mol. The summed E-state index contributed by atoms with van der Waals surface area (Å²) < 4.78 is 5.40. The van der Waals surface area contributed by atoms with E-state index in [-0.39, 0.29) is 4.88 Å². The highest BCUT2D eigenvalue weighted by Gasteiger charge is 2.08. The van der Waals surface area contributed by atoms with Gasteiger partial charge < -0.3 is 9.84 Å². The third-order valence-corrected chi connectivity index (χ3v) is 2.79. The Morgan fingerprint density at radius 3 is 2.88 bits per heavy atom. The van der Waals surface area contributed by atoms with E-state index >= 15 is 0 Å².